The fourth-order valence-electron chi connectivity index (χ4n) is 4.18. The molecule has 0 spiro atoms. The molecule has 0 heterocycles. The van der Waals surface area contributed by atoms with Crippen molar-refractivity contribution in [2.75, 3.05) is 17.1 Å². The Kier molecular flexibility index (Phi) is 9.29. The highest BCUT2D eigenvalue weighted by Crippen LogP contribution is 2.23. The molecule has 3 rings (SSSR count). The topological polar surface area (TPSA) is 86.8 Å². The van der Waals surface area contributed by atoms with Crippen molar-refractivity contribution in [1.29, 1.82) is 0 Å². The van der Waals surface area contributed by atoms with Crippen LogP contribution in [-0.2, 0) is 26.2 Å². The summed E-state index contributed by atoms with van der Waals surface area (Å²) in [4.78, 5) is 28.0. The number of nitrogens with zero attached hydrogens (tertiary/aromatic N) is 2. The van der Waals surface area contributed by atoms with Crippen LogP contribution in [0.3, 0.4) is 0 Å². The molecule has 10 heteroatoms. The number of hydrogen-bond acceptors (Lipinski definition) is 4. The Balaban J connectivity index is 1.86. The van der Waals surface area contributed by atoms with Crippen molar-refractivity contribution in [2.45, 2.75) is 57.7 Å². The first kappa shape index (κ1) is 27.1. The molecule has 0 saturated heterocycles. The average Bonchev–Trinajstić information content (AvgIpc) is 2.81. The Labute approximate surface area is 214 Å². The first-order valence-corrected chi connectivity index (χ1v) is 14.3. The molecule has 2 aromatic rings. The molecule has 0 aromatic heterocycles. The van der Waals surface area contributed by atoms with E-state index in [1.807, 2.05) is 0 Å². The molecule has 1 N–H and O–H groups in total. The largest absolute Gasteiger partial charge is 0.352 e. The molecule has 2 aromatic carbocycles. The maximum Gasteiger partial charge on any atom is 0.244 e. The molecule has 1 aliphatic carbocycles. The van der Waals surface area contributed by atoms with Crippen LogP contribution >= 0.6 is 15.9 Å². The molecule has 7 nitrogen and oxygen atoms in total. The summed E-state index contributed by atoms with van der Waals surface area (Å²) in [5.41, 5.74) is 0.960. The van der Waals surface area contributed by atoms with E-state index in [1.165, 1.54) is 17.0 Å². The number of sulfonamides is 1. The van der Waals surface area contributed by atoms with Gasteiger partial charge in [0.05, 0.1) is 11.9 Å². The standard InChI is InChI=1S/C25H31BrFN3O4S/c1-18(25(32)28-22-8-4-3-5-9-22)29(16-19-11-13-21(27)14-12-19)24(31)17-30(35(2,33)34)23-10-6-7-20(26)15-23/h6-7,10-15,18,22H,3-5,8-9,16-17H2,1-2H3,(H,28,32)/t18-/m0/s1. The van der Waals surface area contributed by atoms with Crippen molar-refractivity contribution in [3.8, 4) is 0 Å². The fraction of sp³-hybridized carbons (Fsp3) is 0.440. The van der Waals surface area contributed by atoms with Crippen LogP contribution in [0.4, 0.5) is 10.1 Å². The average molecular weight is 569 g/mol. The van der Waals surface area contributed by atoms with Gasteiger partial charge in [-0.05, 0) is 55.7 Å². The SMILES string of the molecule is C[C@@H](C(=O)NC1CCCCC1)N(Cc1ccc(F)cc1)C(=O)CN(c1cccc(Br)c1)S(C)(=O)=O. The van der Waals surface area contributed by atoms with Gasteiger partial charge in [0, 0.05) is 17.1 Å². The third-order valence-corrected chi connectivity index (χ3v) is 7.79. The van der Waals surface area contributed by atoms with Crippen molar-refractivity contribution in [2.24, 2.45) is 0 Å². The summed E-state index contributed by atoms with van der Waals surface area (Å²) in [6, 6.07) is 11.5. The van der Waals surface area contributed by atoms with Gasteiger partial charge in [-0.25, -0.2) is 12.8 Å². The maximum atomic E-state index is 13.5. The Morgan fingerprint density at radius 2 is 1.77 bits per heavy atom. The van der Waals surface area contributed by atoms with Gasteiger partial charge < -0.3 is 10.2 Å². The molecule has 0 aliphatic heterocycles. The van der Waals surface area contributed by atoms with E-state index >= 15 is 0 Å². The number of benzene rings is 2. The molecule has 0 unspecified atom stereocenters. The van der Waals surface area contributed by atoms with E-state index in [0.717, 1.165) is 42.7 Å². The molecular formula is C25H31BrFN3O4S. The van der Waals surface area contributed by atoms with Gasteiger partial charge in [-0.15, -0.1) is 0 Å². The summed E-state index contributed by atoms with van der Waals surface area (Å²) in [6.07, 6.45) is 6.07. The zero-order chi connectivity index (χ0) is 25.6. The Bertz CT molecular complexity index is 1140. The normalized spacial score (nSPS) is 15.3. The first-order chi connectivity index (χ1) is 16.5. The van der Waals surface area contributed by atoms with E-state index in [4.69, 9.17) is 0 Å². The van der Waals surface area contributed by atoms with E-state index in [9.17, 15) is 22.4 Å². The monoisotopic (exact) mass is 567 g/mol. The molecule has 1 saturated carbocycles. The maximum absolute atomic E-state index is 13.5. The van der Waals surface area contributed by atoms with Gasteiger partial charge >= 0.3 is 0 Å². The lowest BCUT2D eigenvalue weighted by molar-refractivity contribution is -0.139. The van der Waals surface area contributed by atoms with Gasteiger partial charge in [0.2, 0.25) is 21.8 Å². The lowest BCUT2D eigenvalue weighted by atomic mass is 9.95. The van der Waals surface area contributed by atoms with Crippen molar-refractivity contribution in [1.82, 2.24) is 10.2 Å². The second-order valence-electron chi connectivity index (χ2n) is 8.92. The fourth-order valence-corrected chi connectivity index (χ4v) is 5.41. The number of rotatable bonds is 9. The van der Waals surface area contributed by atoms with Crippen molar-refractivity contribution < 1.29 is 22.4 Å². The number of carbonyl (C=O) groups excluding carboxylic acids is 2. The van der Waals surface area contributed by atoms with Gasteiger partial charge in [-0.1, -0.05) is 53.4 Å². The molecule has 1 atom stereocenters. The van der Waals surface area contributed by atoms with Crippen molar-refractivity contribution >= 4 is 43.5 Å². The summed E-state index contributed by atoms with van der Waals surface area (Å²) >= 11 is 3.33. The Morgan fingerprint density at radius 3 is 2.37 bits per heavy atom. The van der Waals surface area contributed by atoms with Crippen LogP contribution < -0.4 is 9.62 Å². The Hall–Kier alpha value is -2.46. The van der Waals surface area contributed by atoms with Crippen LogP contribution in [0.2, 0.25) is 0 Å². The van der Waals surface area contributed by atoms with Gasteiger partial charge in [-0.3, -0.25) is 13.9 Å². The first-order valence-electron chi connectivity index (χ1n) is 11.6. The number of halogens is 2. The highest BCUT2D eigenvalue weighted by Gasteiger charge is 2.31. The number of amides is 2. The van der Waals surface area contributed by atoms with E-state index in [1.54, 1.807) is 43.3 Å². The zero-order valence-corrected chi connectivity index (χ0v) is 22.3. The summed E-state index contributed by atoms with van der Waals surface area (Å²) < 4.78 is 40.3. The number of nitrogens with one attached hydrogen (secondary N) is 1. The zero-order valence-electron chi connectivity index (χ0n) is 19.9. The van der Waals surface area contributed by atoms with E-state index in [-0.39, 0.29) is 18.5 Å². The molecule has 0 radical (unpaired) electrons. The minimum Gasteiger partial charge on any atom is -0.352 e. The lowest BCUT2D eigenvalue weighted by Crippen LogP contribution is -2.52. The molecule has 1 fully saturated rings. The summed E-state index contributed by atoms with van der Waals surface area (Å²) in [5.74, 6) is -1.24. The molecular weight excluding hydrogens is 537 g/mol. The predicted molar refractivity (Wildman–Crippen MR) is 138 cm³/mol. The van der Waals surface area contributed by atoms with Crippen LogP contribution in [0.15, 0.2) is 53.0 Å². The van der Waals surface area contributed by atoms with E-state index < -0.39 is 34.3 Å². The van der Waals surface area contributed by atoms with Crippen LogP contribution in [-0.4, -0.2) is 50.0 Å². The van der Waals surface area contributed by atoms with Crippen LogP contribution in [0.5, 0.6) is 0 Å². The van der Waals surface area contributed by atoms with Gasteiger partial charge in [0.15, 0.2) is 0 Å². The van der Waals surface area contributed by atoms with Gasteiger partial charge in [0.1, 0.15) is 18.4 Å². The molecule has 190 valence electrons. The molecule has 0 bridgehead atoms. The van der Waals surface area contributed by atoms with Gasteiger partial charge in [-0.2, -0.15) is 0 Å². The van der Waals surface area contributed by atoms with Crippen molar-refractivity contribution in [3.05, 3.63) is 64.4 Å². The number of anilines is 1. The Morgan fingerprint density at radius 1 is 1.11 bits per heavy atom. The summed E-state index contributed by atoms with van der Waals surface area (Å²) in [6.45, 7) is 1.19. The minimum atomic E-state index is -3.80. The number of hydrogen-bond donors (Lipinski definition) is 1. The van der Waals surface area contributed by atoms with E-state index in [2.05, 4.69) is 21.2 Å². The van der Waals surface area contributed by atoms with E-state index in [0.29, 0.717) is 15.7 Å². The third kappa shape index (κ3) is 7.76. The third-order valence-electron chi connectivity index (χ3n) is 6.16. The van der Waals surface area contributed by atoms with Gasteiger partial charge in [0.25, 0.3) is 0 Å². The molecule has 35 heavy (non-hydrogen) atoms. The lowest BCUT2D eigenvalue weighted by Gasteiger charge is -2.33. The van der Waals surface area contributed by atoms with Crippen LogP contribution in [0.25, 0.3) is 0 Å². The summed E-state index contributed by atoms with van der Waals surface area (Å²) in [5, 5.41) is 3.04. The second kappa shape index (κ2) is 12.0. The smallest absolute Gasteiger partial charge is 0.244 e. The second-order valence-corrected chi connectivity index (χ2v) is 11.7. The predicted octanol–water partition coefficient (Wildman–Crippen LogP) is 4.22. The molecule has 1 aliphatic rings. The quantitative estimate of drug-likeness (QED) is 0.491. The minimum absolute atomic E-state index is 0.0362. The summed E-state index contributed by atoms with van der Waals surface area (Å²) in [7, 11) is -3.80. The van der Waals surface area contributed by atoms with Crippen LogP contribution in [0, 0.1) is 5.82 Å². The number of carbonyl (C=O) groups is 2. The van der Waals surface area contributed by atoms with Crippen molar-refractivity contribution in [3.63, 3.8) is 0 Å². The highest BCUT2D eigenvalue weighted by atomic mass is 79.9. The highest BCUT2D eigenvalue weighted by molar-refractivity contribution is 9.10. The molecule has 2 amide bonds. The van der Waals surface area contributed by atoms with Crippen LogP contribution in [0.1, 0.15) is 44.6 Å².